The second-order valence-electron chi connectivity index (χ2n) is 3.97. The van der Waals surface area contributed by atoms with E-state index in [9.17, 15) is 18.0 Å². The fourth-order valence-electron chi connectivity index (χ4n) is 1.64. The number of halogens is 4. The maximum atomic E-state index is 12.6. The third-order valence-corrected chi connectivity index (χ3v) is 3.75. The number of carbonyl (C=O) groups excluding carboxylic acids is 1. The summed E-state index contributed by atoms with van der Waals surface area (Å²) in [5.41, 5.74) is -4.34. The van der Waals surface area contributed by atoms with Crippen molar-refractivity contribution in [3.63, 3.8) is 0 Å². The van der Waals surface area contributed by atoms with Crippen LogP contribution in [-0.2, 0) is 6.61 Å². The van der Waals surface area contributed by atoms with Crippen molar-refractivity contribution in [3.8, 4) is 5.88 Å². The Balaban J connectivity index is 2.30. The number of aromatic nitrogens is 2. The van der Waals surface area contributed by atoms with Crippen LogP contribution in [0.25, 0.3) is 0 Å². The number of hydrogen-bond acceptors (Lipinski definition) is 5. The van der Waals surface area contributed by atoms with Crippen molar-refractivity contribution < 1.29 is 27.9 Å². The van der Waals surface area contributed by atoms with Gasteiger partial charge in [0.1, 0.15) is 6.61 Å². The van der Waals surface area contributed by atoms with E-state index in [4.69, 9.17) is 9.94 Å². The molecule has 22 heavy (non-hydrogen) atoms. The number of benzene rings is 1. The molecule has 1 heterocycles. The molecule has 10 heteroatoms. The van der Waals surface area contributed by atoms with Gasteiger partial charge in [0.25, 0.3) is 0 Å². The normalized spacial score (nSPS) is 11.5. The molecule has 0 amide bonds. The minimum Gasteiger partial charge on any atom is -0.472 e. The molecule has 0 aliphatic heterocycles. The molecular weight excluding hydrogens is 389 g/mol. The van der Waals surface area contributed by atoms with Crippen LogP contribution >= 0.6 is 27.7 Å². The third kappa shape index (κ3) is 4.41. The monoisotopic (exact) mass is 396 g/mol. The van der Waals surface area contributed by atoms with Crippen LogP contribution in [0.5, 0.6) is 5.88 Å². The first-order chi connectivity index (χ1) is 10.3. The molecular formula is C12H8BrF3N2O3S. The minimum atomic E-state index is -4.49. The molecule has 0 atom stereocenters. The van der Waals surface area contributed by atoms with Crippen molar-refractivity contribution in [2.45, 2.75) is 17.0 Å². The van der Waals surface area contributed by atoms with E-state index in [2.05, 4.69) is 21.0 Å². The second-order valence-corrected chi connectivity index (χ2v) is 5.79. The first kappa shape index (κ1) is 16.7. The molecule has 0 radical (unpaired) electrons. The Morgan fingerprint density at radius 2 is 2.14 bits per heavy atom. The van der Waals surface area contributed by atoms with Gasteiger partial charge >= 0.3 is 5.51 Å². The van der Waals surface area contributed by atoms with E-state index < -0.39 is 10.2 Å². The van der Waals surface area contributed by atoms with Crippen molar-refractivity contribution in [1.82, 2.24) is 9.94 Å². The number of nitrogens with zero attached hydrogens (tertiary/aromatic N) is 2. The van der Waals surface area contributed by atoms with Gasteiger partial charge in [0.15, 0.2) is 0 Å². The largest absolute Gasteiger partial charge is 0.472 e. The zero-order chi connectivity index (χ0) is 16.3. The van der Waals surface area contributed by atoms with Gasteiger partial charge in [-0.15, -0.1) is 4.85 Å². The smallest absolute Gasteiger partial charge is 0.446 e. The standard InChI is InChI=1S/C12H8BrF3N2O3S/c13-11(19)7-2-1-3-9(22-12(14,15)16)8(7)6-21-10-4-5-18(20)17-10/h1-5,20H,6H2. The quantitative estimate of drug-likeness (QED) is 0.472. The number of rotatable bonds is 5. The van der Waals surface area contributed by atoms with E-state index in [1.54, 1.807) is 0 Å². The number of thioether (sulfide) groups is 1. The van der Waals surface area contributed by atoms with Crippen LogP contribution in [-0.4, -0.2) is 25.4 Å². The van der Waals surface area contributed by atoms with Gasteiger partial charge in [0, 0.05) is 22.1 Å². The summed E-state index contributed by atoms with van der Waals surface area (Å²) in [5, 5.41) is 12.5. The lowest BCUT2D eigenvalue weighted by Gasteiger charge is -2.14. The fraction of sp³-hybridized carbons (Fsp3) is 0.167. The highest BCUT2D eigenvalue weighted by Gasteiger charge is 2.31. The summed E-state index contributed by atoms with van der Waals surface area (Å²) in [5.74, 6) is 0.0160. The van der Waals surface area contributed by atoms with Gasteiger partial charge in [-0.1, -0.05) is 17.2 Å². The molecule has 0 spiro atoms. The Morgan fingerprint density at radius 1 is 1.41 bits per heavy atom. The predicted octanol–water partition coefficient (Wildman–Crippen LogP) is 3.85. The molecule has 0 bridgehead atoms. The summed E-state index contributed by atoms with van der Waals surface area (Å²) < 4.78 is 42.5. The Kier molecular flexibility index (Phi) is 5.01. The van der Waals surface area contributed by atoms with Crippen molar-refractivity contribution in [3.05, 3.63) is 41.6 Å². The molecule has 1 aromatic carbocycles. The lowest BCUT2D eigenvalue weighted by Crippen LogP contribution is -2.08. The summed E-state index contributed by atoms with van der Waals surface area (Å²) in [6.45, 7) is -0.303. The molecule has 1 N–H and O–H groups in total. The molecule has 0 saturated carbocycles. The molecule has 1 aromatic heterocycles. The van der Waals surface area contributed by atoms with Gasteiger partial charge in [0.2, 0.25) is 10.6 Å². The molecule has 0 aliphatic carbocycles. The van der Waals surface area contributed by atoms with Gasteiger partial charge < -0.3 is 9.94 Å². The topological polar surface area (TPSA) is 64.3 Å². The number of carbonyl (C=O) groups is 1. The van der Waals surface area contributed by atoms with Gasteiger partial charge in [-0.2, -0.15) is 13.2 Å². The minimum absolute atomic E-state index is 0.0160. The number of ether oxygens (including phenoxy) is 1. The van der Waals surface area contributed by atoms with E-state index in [0.717, 1.165) is 0 Å². The van der Waals surface area contributed by atoms with Crippen LogP contribution in [0.15, 0.2) is 35.4 Å². The highest BCUT2D eigenvalue weighted by Crippen LogP contribution is 2.39. The Labute approximate surface area is 135 Å². The van der Waals surface area contributed by atoms with Gasteiger partial charge in [-0.05, 0) is 33.8 Å². The highest BCUT2D eigenvalue weighted by molar-refractivity contribution is 9.18. The third-order valence-electron chi connectivity index (χ3n) is 2.49. The Hall–Kier alpha value is -1.68. The zero-order valence-electron chi connectivity index (χ0n) is 10.7. The van der Waals surface area contributed by atoms with Crippen LogP contribution in [0.2, 0.25) is 0 Å². The van der Waals surface area contributed by atoms with E-state index in [-0.39, 0.29) is 40.3 Å². The molecule has 0 saturated heterocycles. The summed E-state index contributed by atoms with van der Waals surface area (Å²) in [6, 6.07) is 5.32. The molecule has 0 unspecified atom stereocenters. The second kappa shape index (κ2) is 6.61. The van der Waals surface area contributed by atoms with E-state index >= 15 is 0 Å². The summed E-state index contributed by atoms with van der Waals surface area (Å²) in [4.78, 5) is 11.9. The number of alkyl halides is 3. The highest BCUT2D eigenvalue weighted by atomic mass is 79.9. The van der Waals surface area contributed by atoms with Crippen LogP contribution in [0.3, 0.4) is 0 Å². The van der Waals surface area contributed by atoms with Crippen molar-refractivity contribution in [1.29, 1.82) is 0 Å². The molecule has 118 valence electrons. The average molecular weight is 397 g/mol. The zero-order valence-corrected chi connectivity index (χ0v) is 13.1. The van der Waals surface area contributed by atoms with E-state index in [1.165, 1.54) is 30.5 Å². The first-order valence-corrected chi connectivity index (χ1v) is 7.32. The van der Waals surface area contributed by atoms with Gasteiger partial charge in [-0.25, -0.2) is 0 Å². The maximum absolute atomic E-state index is 12.6. The summed E-state index contributed by atoms with van der Waals surface area (Å²) in [7, 11) is 0. The predicted molar refractivity (Wildman–Crippen MR) is 75.4 cm³/mol. The number of hydrogen-bond donors (Lipinski definition) is 1. The van der Waals surface area contributed by atoms with Crippen LogP contribution in [0, 0.1) is 0 Å². The summed E-state index contributed by atoms with van der Waals surface area (Å²) in [6.07, 6.45) is 1.20. The van der Waals surface area contributed by atoms with Crippen LogP contribution in [0.4, 0.5) is 13.2 Å². The van der Waals surface area contributed by atoms with Gasteiger partial charge in [-0.3, -0.25) is 4.79 Å². The lowest BCUT2D eigenvalue weighted by molar-refractivity contribution is -0.0328. The molecule has 0 fully saturated rings. The fourth-order valence-corrected chi connectivity index (χ4v) is 2.70. The van der Waals surface area contributed by atoms with Crippen LogP contribution in [0.1, 0.15) is 15.9 Å². The van der Waals surface area contributed by atoms with Crippen molar-refractivity contribution in [2.75, 3.05) is 0 Å². The van der Waals surface area contributed by atoms with E-state index in [1.807, 2.05) is 0 Å². The maximum Gasteiger partial charge on any atom is 0.446 e. The van der Waals surface area contributed by atoms with Gasteiger partial charge in [0.05, 0.1) is 6.20 Å². The molecule has 5 nitrogen and oxygen atoms in total. The SMILES string of the molecule is O=C(Br)c1cccc(SC(F)(F)F)c1COc1ccn(O)n1. The van der Waals surface area contributed by atoms with Crippen molar-refractivity contribution in [2.24, 2.45) is 0 Å². The van der Waals surface area contributed by atoms with Crippen molar-refractivity contribution >= 4 is 32.4 Å². The Morgan fingerprint density at radius 3 is 2.68 bits per heavy atom. The Bertz CT molecular complexity index is 690. The lowest BCUT2D eigenvalue weighted by atomic mass is 10.1. The van der Waals surface area contributed by atoms with Crippen LogP contribution < -0.4 is 4.74 Å². The molecule has 0 aliphatic rings. The first-order valence-electron chi connectivity index (χ1n) is 5.71. The molecule has 2 rings (SSSR count). The summed E-state index contributed by atoms with van der Waals surface area (Å²) >= 11 is 2.40. The van der Waals surface area contributed by atoms with E-state index in [0.29, 0.717) is 4.85 Å². The average Bonchev–Trinajstić information content (AvgIpc) is 2.81. The molecule has 2 aromatic rings.